The van der Waals surface area contributed by atoms with Gasteiger partial charge in [0.1, 0.15) is 5.82 Å². The quantitative estimate of drug-likeness (QED) is 0.702. The molecule has 28 heavy (non-hydrogen) atoms. The maximum atomic E-state index is 12.9. The van der Waals surface area contributed by atoms with Crippen LogP contribution < -0.4 is 5.69 Å². The van der Waals surface area contributed by atoms with Crippen molar-refractivity contribution in [3.8, 4) is 5.69 Å². The first-order valence-corrected chi connectivity index (χ1v) is 9.48. The average Bonchev–Trinajstić information content (AvgIpc) is 3.03. The van der Waals surface area contributed by atoms with Crippen molar-refractivity contribution in [2.45, 2.75) is 25.7 Å². The molecule has 0 spiro atoms. The summed E-state index contributed by atoms with van der Waals surface area (Å²) in [5, 5.41) is 4.51. The summed E-state index contributed by atoms with van der Waals surface area (Å²) in [4.78, 5) is 31.7. The smallest absolute Gasteiger partial charge is 0.338 e. The largest absolute Gasteiger partial charge is 0.350 e. The molecule has 1 aliphatic rings. The molecule has 1 amide bonds. The van der Waals surface area contributed by atoms with Gasteiger partial charge in [-0.05, 0) is 44.0 Å². The van der Waals surface area contributed by atoms with Gasteiger partial charge >= 0.3 is 5.69 Å². The third kappa shape index (κ3) is 3.35. The fraction of sp³-hybridized carbons (Fsp3) is 0.333. The van der Waals surface area contributed by atoms with Crippen LogP contribution in [0, 0.1) is 6.92 Å². The van der Waals surface area contributed by atoms with Crippen LogP contribution in [0.15, 0.2) is 53.5 Å². The van der Waals surface area contributed by atoms with E-state index in [1.807, 2.05) is 54.3 Å². The van der Waals surface area contributed by atoms with Gasteiger partial charge in [-0.25, -0.2) is 14.0 Å². The number of carbonyl (C=O) groups excluding carboxylic acids is 1. The maximum Gasteiger partial charge on any atom is 0.350 e. The summed E-state index contributed by atoms with van der Waals surface area (Å²) in [6.07, 6.45) is 3.39. The van der Waals surface area contributed by atoms with E-state index in [0.717, 1.165) is 24.2 Å². The molecule has 7 nitrogen and oxygen atoms in total. The van der Waals surface area contributed by atoms with Crippen molar-refractivity contribution in [1.29, 1.82) is 0 Å². The third-order valence-electron chi connectivity index (χ3n) is 5.20. The fourth-order valence-corrected chi connectivity index (χ4v) is 3.72. The number of hydrogen-bond donors (Lipinski definition) is 0. The second-order valence-electron chi connectivity index (χ2n) is 7.21. The summed E-state index contributed by atoms with van der Waals surface area (Å²) in [5.41, 5.74) is 2.09. The molecule has 1 aromatic carbocycles. The van der Waals surface area contributed by atoms with Gasteiger partial charge in [-0.1, -0.05) is 18.2 Å². The molecule has 2 aromatic heterocycles. The van der Waals surface area contributed by atoms with Crippen molar-refractivity contribution < 1.29 is 4.79 Å². The van der Waals surface area contributed by atoms with E-state index in [-0.39, 0.29) is 17.5 Å². The number of aryl methyl sites for hydroxylation is 2. The van der Waals surface area contributed by atoms with Gasteiger partial charge in [0.25, 0.3) is 5.91 Å². The lowest BCUT2D eigenvalue weighted by Crippen LogP contribution is -2.40. The number of nitrogens with zero attached hydrogens (tertiary/aromatic N) is 5. The number of pyridine rings is 1. The van der Waals surface area contributed by atoms with E-state index in [4.69, 9.17) is 0 Å². The molecule has 1 fully saturated rings. The topological polar surface area (TPSA) is 73.0 Å². The third-order valence-corrected chi connectivity index (χ3v) is 5.20. The number of hydrogen-bond acceptors (Lipinski definition) is 4. The van der Waals surface area contributed by atoms with Gasteiger partial charge in [0.05, 0.1) is 11.3 Å². The number of piperidine rings is 1. The number of amides is 1. The van der Waals surface area contributed by atoms with Gasteiger partial charge < -0.3 is 4.90 Å². The molecule has 7 heteroatoms. The standard InChI is InChI=1S/C21H23N5O2/c1-15-10-11-16(13-22-15)20(27)25-12-6-7-17(14-25)19-23-24(2)21(28)26(19)18-8-4-3-5-9-18/h3-5,8-11,13,17H,6-7,12,14H2,1-2H3. The highest BCUT2D eigenvalue weighted by Gasteiger charge is 2.30. The monoisotopic (exact) mass is 377 g/mol. The molecule has 1 atom stereocenters. The zero-order valence-electron chi connectivity index (χ0n) is 16.1. The highest BCUT2D eigenvalue weighted by atomic mass is 16.2. The lowest BCUT2D eigenvalue weighted by Gasteiger charge is -2.32. The lowest BCUT2D eigenvalue weighted by molar-refractivity contribution is 0.0703. The average molecular weight is 377 g/mol. The van der Waals surface area contributed by atoms with E-state index in [0.29, 0.717) is 24.5 Å². The van der Waals surface area contributed by atoms with Crippen molar-refractivity contribution in [3.63, 3.8) is 0 Å². The van der Waals surface area contributed by atoms with Crippen molar-refractivity contribution in [2.24, 2.45) is 7.05 Å². The number of rotatable bonds is 3. The van der Waals surface area contributed by atoms with Crippen LogP contribution in [-0.2, 0) is 7.05 Å². The summed E-state index contributed by atoms with van der Waals surface area (Å²) in [5.74, 6) is 0.685. The summed E-state index contributed by atoms with van der Waals surface area (Å²) in [7, 11) is 1.66. The number of carbonyl (C=O) groups is 1. The van der Waals surface area contributed by atoms with E-state index in [1.165, 1.54) is 4.68 Å². The van der Waals surface area contributed by atoms with Crippen molar-refractivity contribution in [3.05, 3.63) is 76.2 Å². The Morgan fingerprint density at radius 2 is 1.93 bits per heavy atom. The number of para-hydroxylation sites is 1. The van der Waals surface area contributed by atoms with Gasteiger partial charge in [-0.15, -0.1) is 0 Å². The van der Waals surface area contributed by atoms with E-state index in [9.17, 15) is 9.59 Å². The summed E-state index contributed by atoms with van der Waals surface area (Å²) in [6.45, 7) is 3.14. The summed E-state index contributed by atoms with van der Waals surface area (Å²) in [6, 6.07) is 13.2. The van der Waals surface area contributed by atoms with Crippen molar-refractivity contribution in [1.82, 2.24) is 24.2 Å². The van der Waals surface area contributed by atoms with Crippen LogP contribution in [0.25, 0.3) is 5.69 Å². The first-order valence-electron chi connectivity index (χ1n) is 9.48. The lowest BCUT2D eigenvalue weighted by atomic mass is 9.96. The highest BCUT2D eigenvalue weighted by molar-refractivity contribution is 5.94. The van der Waals surface area contributed by atoms with Crippen LogP contribution in [0.5, 0.6) is 0 Å². The van der Waals surface area contributed by atoms with Gasteiger partial charge in [-0.2, -0.15) is 5.10 Å². The molecule has 1 saturated heterocycles. The zero-order chi connectivity index (χ0) is 19.7. The molecule has 4 rings (SSSR count). The molecule has 3 aromatic rings. The van der Waals surface area contributed by atoms with Gasteiger partial charge in [-0.3, -0.25) is 9.78 Å². The van der Waals surface area contributed by atoms with Crippen LogP contribution in [0.2, 0.25) is 0 Å². The van der Waals surface area contributed by atoms with Crippen molar-refractivity contribution in [2.75, 3.05) is 13.1 Å². The highest BCUT2D eigenvalue weighted by Crippen LogP contribution is 2.27. The van der Waals surface area contributed by atoms with Crippen LogP contribution in [0.4, 0.5) is 0 Å². The number of benzene rings is 1. The normalized spacial score (nSPS) is 16.9. The van der Waals surface area contributed by atoms with E-state index in [2.05, 4.69) is 10.1 Å². The molecular formula is C21H23N5O2. The minimum Gasteiger partial charge on any atom is -0.338 e. The minimum absolute atomic E-state index is 0.00483. The van der Waals surface area contributed by atoms with Crippen molar-refractivity contribution >= 4 is 5.91 Å². The Morgan fingerprint density at radius 1 is 1.14 bits per heavy atom. The molecule has 0 radical (unpaired) electrons. The molecule has 0 saturated carbocycles. The predicted octanol–water partition coefficient (Wildman–Crippen LogP) is 2.29. The Kier molecular flexibility index (Phi) is 4.81. The van der Waals surface area contributed by atoms with Crippen LogP contribution in [0.1, 0.15) is 40.6 Å². The van der Waals surface area contributed by atoms with Gasteiger partial charge in [0.15, 0.2) is 0 Å². The molecule has 0 N–H and O–H groups in total. The molecule has 1 aliphatic heterocycles. The number of likely N-dealkylation sites (tertiary alicyclic amines) is 1. The molecule has 0 bridgehead atoms. The minimum atomic E-state index is -0.174. The Hall–Kier alpha value is -3.22. The first kappa shape index (κ1) is 18.2. The second kappa shape index (κ2) is 7.42. The molecule has 3 heterocycles. The summed E-state index contributed by atoms with van der Waals surface area (Å²) >= 11 is 0. The van der Waals surface area contributed by atoms with E-state index < -0.39 is 0 Å². The number of aromatic nitrogens is 4. The predicted molar refractivity (Wildman–Crippen MR) is 106 cm³/mol. The summed E-state index contributed by atoms with van der Waals surface area (Å²) < 4.78 is 3.03. The second-order valence-corrected chi connectivity index (χ2v) is 7.21. The molecule has 0 aliphatic carbocycles. The Bertz CT molecular complexity index is 1040. The Labute approximate surface area is 163 Å². The van der Waals surface area contributed by atoms with E-state index in [1.54, 1.807) is 17.8 Å². The zero-order valence-corrected chi connectivity index (χ0v) is 16.1. The molecule has 1 unspecified atom stereocenters. The van der Waals surface area contributed by atoms with Crippen LogP contribution in [-0.4, -0.2) is 43.2 Å². The maximum absolute atomic E-state index is 12.9. The fourth-order valence-electron chi connectivity index (χ4n) is 3.72. The van der Waals surface area contributed by atoms with E-state index >= 15 is 0 Å². The van der Waals surface area contributed by atoms with Crippen LogP contribution >= 0.6 is 0 Å². The van der Waals surface area contributed by atoms with Gasteiger partial charge in [0, 0.05) is 37.9 Å². The Morgan fingerprint density at radius 3 is 2.64 bits per heavy atom. The van der Waals surface area contributed by atoms with Gasteiger partial charge in [0.2, 0.25) is 0 Å². The molecule has 144 valence electrons. The Balaban J connectivity index is 1.64. The van der Waals surface area contributed by atoms with Crippen LogP contribution in [0.3, 0.4) is 0 Å². The molecular weight excluding hydrogens is 354 g/mol. The first-order chi connectivity index (χ1) is 13.5. The SMILES string of the molecule is Cc1ccc(C(=O)N2CCCC(c3nn(C)c(=O)n3-c3ccccc3)C2)cn1.